The number of rotatable bonds is 40. The maximum atomic E-state index is 15.1. The van der Waals surface area contributed by atoms with Crippen LogP contribution in [0, 0.1) is 29.6 Å². The summed E-state index contributed by atoms with van der Waals surface area (Å²) in [6.07, 6.45) is 0.562. The van der Waals surface area contributed by atoms with Crippen molar-refractivity contribution >= 4 is 87.6 Å². The number of ketones is 1. The third kappa shape index (κ3) is 24.1. The topological polar surface area (TPSA) is 362 Å². The fourth-order valence-electron chi connectivity index (χ4n) is 12.9. The molecule has 11 atom stereocenters. The summed E-state index contributed by atoms with van der Waals surface area (Å²) in [6.45, 7) is 16.1. The van der Waals surface area contributed by atoms with Crippen molar-refractivity contribution in [2.24, 2.45) is 35.3 Å². The first-order valence-corrected chi connectivity index (χ1v) is 34.7. The van der Waals surface area contributed by atoms with Crippen LogP contribution in [0.4, 0.5) is 15.3 Å². The number of methoxy groups -OCH3 is 3. The Kier molecular flexibility index (Phi) is 32.6. The number of urea groups is 1. The number of fused-ring (bicyclic) bond motifs is 1. The summed E-state index contributed by atoms with van der Waals surface area (Å²) in [5.41, 5.74) is 6.42. The van der Waals surface area contributed by atoms with E-state index in [1.54, 1.807) is 102 Å². The fourth-order valence-corrected chi connectivity index (χ4v) is 12.9. The molecule has 8 N–H and O–H groups in total. The van der Waals surface area contributed by atoms with E-state index in [1.807, 2.05) is 58.6 Å². The second-order valence-electron chi connectivity index (χ2n) is 27.3. The monoisotopic (exact) mass is 1410 g/mol. The van der Waals surface area contributed by atoms with Crippen molar-refractivity contribution in [1.29, 1.82) is 0 Å². The Labute approximate surface area is 592 Å². The Morgan fingerprint density at radius 3 is 1.94 bits per heavy atom. The summed E-state index contributed by atoms with van der Waals surface area (Å²) in [7, 11) is 9.66. The van der Waals surface area contributed by atoms with Gasteiger partial charge < -0.3 is 71.1 Å². The molecule has 0 saturated carbocycles. The van der Waals surface area contributed by atoms with Crippen LogP contribution in [-0.2, 0) is 68.7 Å². The zero-order valence-electron chi connectivity index (χ0n) is 61.2. The first kappa shape index (κ1) is 82.6. The molecule has 0 aliphatic carbocycles. The number of benzene rings is 3. The van der Waals surface area contributed by atoms with Crippen LogP contribution < -0.4 is 42.4 Å². The smallest absolute Gasteiger partial charge is 0.497 e. The Bertz CT molecular complexity index is 3370. The number of primary amides is 1. The second-order valence-corrected chi connectivity index (χ2v) is 27.3. The first-order chi connectivity index (χ1) is 47.8. The summed E-state index contributed by atoms with van der Waals surface area (Å²) in [4.78, 5) is 167. The van der Waals surface area contributed by atoms with Gasteiger partial charge in [-0.15, -0.1) is 0 Å². The van der Waals surface area contributed by atoms with Gasteiger partial charge in [-0.1, -0.05) is 105 Å². The van der Waals surface area contributed by atoms with Gasteiger partial charge in [0.15, 0.2) is 5.78 Å². The summed E-state index contributed by atoms with van der Waals surface area (Å²) >= 11 is 0. The van der Waals surface area contributed by atoms with Gasteiger partial charge in [0.05, 0.1) is 62.9 Å². The minimum absolute atomic E-state index is 0.0123. The number of nitrogens with zero attached hydrogens (tertiary/aromatic N) is 4. The van der Waals surface area contributed by atoms with Crippen LogP contribution in [0.2, 0.25) is 0 Å². The van der Waals surface area contributed by atoms with Crippen molar-refractivity contribution in [2.45, 2.75) is 181 Å². The van der Waals surface area contributed by atoms with Crippen LogP contribution in [0.15, 0.2) is 72.8 Å². The van der Waals surface area contributed by atoms with Gasteiger partial charge in [0.1, 0.15) is 36.6 Å². The summed E-state index contributed by atoms with van der Waals surface area (Å²) < 4.78 is 29.1. The Morgan fingerprint density at radius 2 is 1.35 bits per heavy atom. The molecular formula is C73H107N11O17. The fraction of sp³-hybridized carbons (Fsp3) is 0.589. The lowest BCUT2D eigenvalue weighted by Crippen LogP contribution is -2.59. The minimum Gasteiger partial charge on any atom is -0.497 e. The van der Waals surface area contributed by atoms with Gasteiger partial charge in [0.2, 0.25) is 41.4 Å². The zero-order chi connectivity index (χ0) is 74.9. The highest BCUT2D eigenvalue weighted by Gasteiger charge is 2.47. The van der Waals surface area contributed by atoms with Gasteiger partial charge in [-0.2, -0.15) is 0 Å². The largest absolute Gasteiger partial charge is 0.508 e. The predicted molar refractivity (Wildman–Crippen MR) is 378 cm³/mol. The predicted octanol–water partition coefficient (Wildman–Crippen LogP) is 5.62. The molecule has 11 amide bonds. The van der Waals surface area contributed by atoms with Crippen molar-refractivity contribution in [1.82, 2.24) is 46.2 Å². The van der Waals surface area contributed by atoms with E-state index in [2.05, 4.69) is 31.9 Å². The number of amides is 11. The molecule has 1 unspecified atom stereocenters. The normalized spacial score (nSPS) is 17.1. The maximum Gasteiger partial charge on any atom is 0.508 e. The molecule has 556 valence electrons. The molecule has 3 aromatic rings. The number of unbranched alkanes of at least 4 members (excludes halogenated alkanes) is 2. The summed E-state index contributed by atoms with van der Waals surface area (Å²) in [5.74, 6) is -5.73. The first-order valence-electron chi connectivity index (χ1n) is 34.7. The molecular weight excluding hydrogens is 1300 g/mol. The zero-order valence-corrected chi connectivity index (χ0v) is 61.2. The van der Waals surface area contributed by atoms with E-state index in [0.717, 1.165) is 15.7 Å². The molecule has 0 radical (unpaired) electrons. The average molecular weight is 1410 g/mol. The van der Waals surface area contributed by atoms with Crippen molar-refractivity contribution in [2.75, 3.05) is 74.0 Å². The van der Waals surface area contributed by atoms with Crippen LogP contribution in [0.1, 0.15) is 136 Å². The number of carbonyl (C=O) groups excluding carboxylic acids is 12. The van der Waals surface area contributed by atoms with Crippen LogP contribution in [0.5, 0.6) is 5.75 Å². The van der Waals surface area contributed by atoms with Gasteiger partial charge >= 0.3 is 12.2 Å². The Hall–Kier alpha value is -9.02. The lowest BCUT2D eigenvalue weighted by Gasteiger charge is -2.41. The van der Waals surface area contributed by atoms with E-state index < -0.39 is 108 Å². The molecule has 0 aromatic heterocycles. The van der Waals surface area contributed by atoms with Crippen molar-refractivity contribution in [3.63, 3.8) is 0 Å². The molecule has 1 saturated heterocycles. The number of ether oxygens (including phenoxy) is 5. The van der Waals surface area contributed by atoms with Gasteiger partial charge in [-0.05, 0) is 110 Å². The highest BCUT2D eigenvalue weighted by atomic mass is 16.7. The lowest BCUT2D eigenvalue weighted by atomic mass is 9.89. The number of Topliss-reactive ketones (excluding diaryl/α,β-unsaturated/α-hetero) is 1. The third-order valence-corrected chi connectivity index (χ3v) is 18.6. The Morgan fingerprint density at radius 1 is 0.693 bits per heavy atom. The summed E-state index contributed by atoms with van der Waals surface area (Å²) in [6, 6.07) is 11.0. The highest BCUT2D eigenvalue weighted by Crippen LogP contribution is 2.32. The Balaban J connectivity index is 1.30. The standard InChI is InChI=1S/C73H107N11O17/c1-16-45(8)65(82(12)71(94)63(43(4)5)80-70(93)64(44(6)7)81(10)11)57(98-14)38-61(89)84-40-53(37-55(84)66(99-15)46(9)67(90)76-39-56(85)50-26-25-49-36-52(97-13)30-27-48(49)35-50)101-73(96)100-41-47-23-28-51(29-24-47)77-68(91)54(21-20-33-75-72(74)95)78-69(92)62(42(2)3)79-58(86)22-18-17-19-34-83-59(87)31-32-60(83)88/h23-32,35-36,42-46,53-55,57,62-66H,16-22,33-34,37-41H2,1-15H3,(H,76,90)(H,77,91)(H,78,92)(H,79,86)(H,80,93)(H3,74,75,95)/t45-,46+,53-,54?,55-,57+,62-,63-,64-,65-,66+/m0/s1. The third-order valence-electron chi connectivity index (χ3n) is 18.6. The number of hydrogen-bond acceptors (Lipinski definition) is 18. The molecule has 2 aliphatic rings. The molecule has 5 rings (SSSR count). The summed E-state index contributed by atoms with van der Waals surface area (Å²) in [5, 5.41) is 18.2. The molecule has 0 spiro atoms. The molecule has 2 aliphatic heterocycles. The van der Waals surface area contributed by atoms with Crippen molar-refractivity contribution in [3.8, 4) is 5.75 Å². The molecule has 0 bridgehead atoms. The molecule has 1 fully saturated rings. The molecule has 101 heavy (non-hydrogen) atoms. The van der Waals surface area contributed by atoms with Gasteiger partial charge in [-0.25, -0.2) is 9.59 Å². The van der Waals surface area contributed by atoms with E-state index in [0.29, 0.717) is 48.2 Å². The number of nitrogens with two attached hydrogens (primary N) is 1. The van der Waals surface area contributed by atoms with E-state index in [4.69, 9.17) is 29.4 Å². The van der Waals surface area contributed by atoms with Crippen LogP contribution in [0.25, 0.3) is 10.8 Å². The van der Waals surface area contributed by atoms with Gasteiger partial charge in [0, 0.05) is 70.6 Å². The van der Waals surface area contributed by atoms with Crippen LogP contribution >= 0.6 is 0 Å². The highest BCUT2D eigenvalue weighted by molar-refractivity contribution is 6.13. The number of imide groups is 1. The van der Waals surface area contributed by atoms with Crippen molar-refractivity contribution < 1.29 is 81.2 Å². The van der Waals surface area contributed by atoms with Gasteiger partial charge in [-0.3, -0.25) is 57.7 Å². The van der Waals surface area contributed by atoms with E-state index >= 15 is 4.79 Å². The van der Waals surface area contributed by atoms with E-state index in [1.165, 1.54) is 31.3 Å². The van der Waals surface area contributed by atoms with Crippen LogP contribution in [0.3, 0.4) is 0 Å². The minimum atomic E-state index is -1.14. The quantitative estimate of drug-likeness (QED) is 0.0157. The molecule has 3 aromatic carbocycles. The van der Waals surface area contributed by atoms with Crippen molar-refractivity contribution in [3.05, 3.63) is 83.9 Å². The number of anilines is 1. The molecule has 28 heteroatoms. The van der Waals surface area contributed by atoms with E-state index in [9.17, 15) is 52.7 Å². The average Bonchev–Trinajstić information content (AvgIpc) is 1.74. The lowest BCUT2D eigenvalue weighted by molar-refractivity contribution is -0.148. The number of likely N-dealkylation sites (tertiary alicyclic amines) is 1. The maximum absolute atomic E-state index is 15.1. The number of hydrogen-bond donors (Lipinski definition) is 7. The number of nitrogens with one attached hydrogen (secondary N) is 6. The van der Waals surface area contributed by atoms with Crippen LogP contribution in [-0.4, -0.2) is 214 Å². The SMILES string of the molecule is CC[C@H](C)[C@@H]([C@@H](CC(=O)N1C[C@@H](OC(=O)OCc2ccc(NC(=O)C(CCCNC(N)=O)NC(=O)[C@@H](NC(=O)CCCCCN3C(=O)C=CC3=O)C(C)C)cc2)C[C@H]1[C@H](OC)[C@@H](C)C(=O)NCC(=O)c1ccc2cc(OC)ccc2c1)OC)N(C)C(=O)[C@@H](NC(=O)[C@H](C(C)C)N(C)C)C(C)C. The van der Waals surface area contributed by atoms with Gasteiger partial charge in [0.25, 0.3) is 11.8 Å². The molecule has 2 heterocycles. The molecule has 28 nitrogen and oxygen atoms in total. The number of likely N-dealkylation sites (N-methyl/N-ethyl adjacent to an activating group) is 2. The number of carbonyl (C=O) groups is 12. The van der Waals surface area contributed by atoms with E-state index in [-0.39, 0.29) is 112 Å². The second kappa shape index (κ2) is 39.8.